The maximum Gasteiger partial charge on any atom is 0.335 e. The van der Waals surface area contributed by atoms with Crippen molar-refractivity contribution in [2.75, 3.05) is 0 Å². The molecule has 0 unspecified atom stereocenters. The van der Waals surface area contributed by atoms with Gasteiger partial charge in [-0.2, -0.15) is 0 Å². The normalized spacial score (nSPS) is 11.8. The molecule has 0 heterocycles. The monoisotopic (exact) mass is 422 g/mol. The second-order valence-corrected chi connectivity index (χ2v) is 7.60. The largest absolute Gasteiger partial charge is 0.507 e. The van der Waals surface area contributed by atoms with Gasteiger partial charge in [0, 0.05) is 16.1 Å². The van der Waals surface area contributed by atoms with E-state index >= 15 is 0 Å². The number of carboxylic acids is 1. The lowest BCUT2D eigenvalue weighted by molar-refractivity contribution is 0.0696. The second kappa shape index (κ2) is 9.06. The lowest BCUT2D eigenvalue weighted by Gasteiger charge is -2.19. The highest BCUT2D eigenvalue weighted by atomic mass is 35.5. The van der Waals surface area contributed by atoms with E-state index < -0.39 is 5.97 Å². The third-order valence-electron chi connectivity index (χ3n) is 4.94. The summed E-state index contributed by atoms with van der Waals surface area (Å²) in [5, 5.41) is 31.0. The van der Waals surface area contributed by atoms with Gasteiger partial charge < -0.3 is 15.3 Å². The SMILES string of the molecule is CCC/C(=C(/c1ccc(C)cc1)c1ccc(C(=O)O)cc1O)c1ccc(Cl)cc1O. The van der Waals surface area contributed by atoms with Crippen molar-refractivity contribution in [3.8, 4) is 11.5 Å². The van der Waals surface area contributed by atoms with Crippen molar-refractivity contribution >= 4 is 28.7 Å². The highest BCUT2D eigenvalue weighted by molar-refractivity contribution is 6.30. The molecule has 3 N–H and O–H groups in total. The number of allylic oxidation sites excluding steroid dienone is 1. The first-order valence-electron chi connectivity index (χ1n) is 9.67. The van der Waals surface area contributed by atoms with Crippen LogP contribution in [0, 0.1) is 6.92 Å². The third-order valence-corrected chi connectivity index (χ3v) is 5.18. The fourth-order valence-electron chi connectivity index (χ4n) is 3.49. The van der Waals surface area contributed by atoms with Crippen LogP contribution >= 0.6 is 11.6 Å². The molecule has 0 spiro atoms. The van der Waals surface area contributed by atoms with Gasteiger partial charge in [0.25, 0.3) is 0 Å². The van der Waals surface area contributed by atoms with E-state index in [0.717, 1.165) is 28.7 Å². The Labute approximate surface area is 180 Å². The van der Waals surface area contributed by atoms with Gasteiger partial charge in [-0.05, 0) is 66.5 Å². The minimum Gasteiger partial charge on any atom is -0.507 e. The van der Waals surface area contributed by atoms with E-state index in [0.29, 0.717) is 22.6 Å². The predicted octanol–water partition coefficient (Wildman–Crippen LogP) is 6.52. The van der Waals surface area contributed by atoms with Gasteiger partial charge in [-0.25, -0.2) is 4.79 Å². The summed E-state index contributed by atoms with van der Waals surface area (Å²) < 4.78 is 0. The number of phenolic OH excluding ortho intramolecular Hbond substituents is 2. The average Bonchev–Trinajstić information content (AvgIpc) is 2.70. The van der Waals surface area contributed by atoms with Crippen LogP contribution in [0.2, 0.25) is 5.02 Å². The van der Waals surface area contributed by atoms with E-state index in [4.69, 9.17) is 11.6 Å². The molecule has 0 bridgehead atoms. The molecule has 0 amide bonds. The molecule has 0 saturated heterocycles. The fraction of sp³-hybridized carbons (Fsp3) is 0.160. The van der Waals surface area contributed by atoms with Crippen LogP contribution in [0.4, 0.5) is 0 Å². The number of hydrogen-bond donors (Lipinski definition) is 3. The van der Waals surface area contributed by atoms with Crippen LogP contribution in [0.1, 0.15) is 52.4 Å². The summed E-state index contributed by atoms with van der Waals surface area (Å²) in [7, 11) is 0. The molecular weight excluding hydrogens is 400 g/mol. The van der Waals surface area contributed by atoms with Crippen LogP contribution in [0.25, 0.3) is 11.1 Å². The number of benzene rings is 3. The van der Waals surface area contributed by atoms with E-state index in [9.17, 15) is 20.1 Å². The first-order chi connectivity index (χ1) is 14.3. The third kappa shape index (κ3) is 4.50. The van der Waals surface area contributed by atoms with Gasteiger partial charge in [0.1, 0.15) is 11.5 Å². The number of carbonyl (C=O) groups is 1. The van der Waals surface area contributed by atoms with E-state index in [1.807, 2.05) is 38.1 Å². The van der Waals surface area contributed by atoms with Crippen molar-refractivity contribution in [2.45, 2.75) is 26.7 Å². The molecule has 0 radical (unpaired) electrons. The summed E-state index contributed by atoms with van der Waals surface area (Å²) in [4.78, 5) is 11.3. The molecule has 0 aliphatic heterocycles. The first-order valence-corrected chi connectivity index (χ1v) is 10.0. The smallest absolute Gasteiger partial charge is 0.335 e. The number of aromatic carboxylic acids is 1. The molecule has 0 saturated carbocycles. The molecule has 5 heteroatoms. The van der Waals surface area contributed by atoms with Crippen molar-refractivity contribution in [1.29, 1.82) is 0 Å². The molecule has 3 aromatic carbocycles. The highest BCUT2D eigenvalue weighted by Gasteiger charge is 2.20. The zero-order chi connectivity index (χ0) is 21.8. The van der Waals surface area contributed by atoms with Crippen LogP contribution in [-0.4, -0.2) is 21.3 Å². The summed E-state index contributed by atoms with van der Waals surface area (Å²) in [6.45, 7) is 4.03. The van der Waals surface area contributed by atoms with Crippen molar-refractivity contribution < 1.29 is 20.1 Å². The molecular formula is C25H23ClO4. The zero-order valence-electron chi connectivity index (χ0n) is 16.8. The van der Waals surface area contributed by atoms with Crippen LogP contribution in [0.5, 0.6) is 11.5 Å². The number of phenols is 2. The molecule has 3 rings (SSSR count). The number of halogens is 1. The lowest BCUT2D eigenvalue weighted by Crippen LogP contribution is -2.00. The molecule has 0 aromatic heterocycles. The van der Waals surface area contributed by atoms with Crippen LogP contribution in [0.15, 0.2) is 60.7 Å². The summed E-state index contributed by atoms with van der Waals surface area (Å²) in [5.41, 5.74) is 4.66. The summed E-state index contributed by atoms with van der Waals surface area (Å²) >= 11 is 6.03. The molecule has 0 aliphatic carbocycles. The number of aromatic hydroxyl groups is 2. The van der Waals surface area contributed by atoms with Crippen molar-refractivity contribution in [3.63, 3.8) is 0 Å². The van der Waals surface area contributed by atoms with Gasteiger partial charge in [0.2, 0.25) is 0 Å². The standard InChI is InChI=1S/C25H23ClO4/c1-3-4-20(19-12-10-18(26)14-23(19)28)24(16-7-5-15(2)6-8-16)21-11-9-17(25(29)30)13-22(21)27/h5-14,27-28H,3-4H2,1-2H3,(H,29,30)/b24-20+. The first kappa shape index (κ1) is 21.5. The molecule has 0 atom stereocenters. The number of hydrogen-bond acceptors (Lipinski definition) is 3. The number of aryl methyl sites for hydroxylation is 1. The number of rotatable bonds is 6. The van der Waals surface area contributed by atoms with Crippen LogP contribution in [-0.2, 0) is 0 Å². The van der Waals surface area contributed by atoms with E-state index in [-0.39, 0.29) is 17.1 Å². The van der Waals surface area contributed by atoms with Gasteiger partial charge in [-0.1, -0.05) is 54.8 Å². The van der Waals surface area contributed by atoms with E-state index in [1.54, 1.807) is 18.2 Å². The van der Waals surface area contributed by atoms with Gasteiger partial charge >= 0.3 is 5.97 Å². The Bertz CT molecular complexity index is 1110. The quantitative estimate of drug-likeness (QED) is 0.395. The van der Waals surface area contributed by atoms with E-state index in [1.165, 1.54) is 18.2 Å². The maximum absolute atomic E-state index is 11.3. The Morgan fingerprint density at radius 3 is 2.03 bits per heavy atom. The highest BCUT2D eigenvalue weighted by Crippen LogP contribution is 2.42. The average molecular weight is 423 g/mol. The lowest BCUT2D eigenvalue weighted by atomic mass is 9.86. The van der Waals surface area contributed by atoms with E-state index in [2.05, 4.69) is 0 Å². The van der Waals surface area contributed by atoms with Gasteiger partial charge in [-0.15, -0.1) is 0 Å². The Balaban J connectivity index is 2.36. The minimum absolute atomic E-state index is 0.00545. The van der Waals surface area contributed by atoms with Crippen molar-refractivity contribution in [2.24, 2.45) is 0 Å². The zero-order valence-corrected chi connectivity index (χ0v) is 17.6. The summed E-state index contributed by atoms with van der Waals surface area (Å²) in [5.74, 6) is -1.19. The Morgan fingerprint density at radius 2 is 1.47 bits per heavy atom. The summed E-state index contributed by atoms with van der Waals surface area (Å²) in [6, 6.07) is 17.2. The van der Waals surface area contributed by atoms with Gasteiger partial charge in [-0.3, -0.25) is 0 Å². The molecule has 4 nitrogen and oxygen atoms in total. The fourth-order valence-corrected chi connectivity index (χ4v) is 3.66. The molecule has 0 fully saturated rings. The Hall–Kier alpha value is -3.24. The summed E-state index contributed by atoms with van der Waals surface area (Å²) in [6.07, 6.45) is 1.44. The second-order valence-electron chi connectivity index (χ2n) is 7.17. The molecule has 0 aliphatic rings. The van der Waals surface area contributed by atoms with Crippen LogP contribution in [0.3, 0.4) is 0 Å². The topological polar surface area (TPSA) is 77.8 Å². The van der Waals surface area contributed by atoms with Gasteiger partial charge in [0.05, 0.1) is 5.56 Å². The maximum atomic E-state index is 11.3. The molecule has 3 aromatic rings. The molecule has 30 heavy (non-hydrogen) atoms. The van der Waals surface area contributed by atoms with Crippen molar-refractivity contribution in [3.05, 3.63) is 93.5 Å². The Kier molecular flexibility index (Phi) is 6.48. The van der Waals surface area contributed by atoms with Crippen molar-refractivity contribution in [1.82, 2.24) is 0 Å². The number of carboxylic acid groups (broad SMARTS) is 1. The minimum atomic E-state index is -1.11. The van der Waals surface area contributed by atoms with Crippen LogP contribution < -0.4 is 0 Å². The molecule has 154 valence electrons. The predicted molar refractivity (Wildman–Crippen MR) is 120 cm³/mol. The Morgan fingerprint density at radius 1 is 0.867 bits per heavy atom. The van der Waals surface area contributed by atoms with Gasteiger partial charge in [0.15, 0.2) is 0 Å².